The fraction of sp³-hybridized carbons (Fsp3) is 0.231. The number of piperidine rings is 1. The zero-order chi connectivity index (χ0) is 23.3. The summed E-state index contributed by atoms with van der Waals surface area (Å²) in [5, 5.41) is 6.42. The molecule has 0 radical (unpaired) electrons. The van der Waals surface area contributed by atoms with E-state index in [2.05, 4.69) is 30.5 Å². The Morgan fingerprint density at radius 3 is 2.26 bits per heavy atom. The Morgan fingerprint density at radius 1 is 0.882 bits per heavy atom. The van der Waals surface area contributed by atoms with Crippen LogP contribution in [0.3, 0.4) is 0 Å². The normalized spacial score (nSPS) is 14.1. The summed E-state index contributed by atoms with van der Waals surface area (Å²) < 4.78 is 1.94. The Kier molecular flexibility index (Phi) is 6.20. The number of rotatable bonds is 6. The molecule has 0 unspecified atom stereocenters. The minimum Gasteiger partial charge on any atom is -0.356 e. The number of imidazole rings is 1. The van der Waals surface area contributed by atoms with E-state index in [1.165, 1.54) is 0 Å². The third-order valence-electron chi connectivity index (χ3n) is 6.12. The molecule has 0 saturated carbocycles. The van der Waals surface area contributed by atoms with Gasteiger partial charge in [-0.1, -0.05) is 18.2 Å². The van der Waals surface area contributed by atoms with Crippen LogP contribution in [0.25, 0.3) is 5.82 Å². The quantitative estimate of drug-likeness (QED) is 0.445. The molecule has 0 bridgehead atoms. The standard InChI is InChI=1S/C26H27N7O/c1-19-27-13-16-33(19)25-17-24(28-18-29-25)32-14-11-20(12-15-32)26(34)31-23-9-7-22(8-10-23)30-21-5-3-2-4-6-21/h2-10,13,16-18,20,30H,11-12,14-15H2,1H3,(H,31,34). The van der Waals surface area contributed by atoms with Crippen LogP contribution in [0.4, 0.5) is 22.9 Å². The van der Waals surface area contributed by atoms with E-state index in [0.717, 1.165) is 60.5 Å². The zero-order valence-corrected chi connectivity index (χ0v) is 19.1. The highest BCUT2D eigenvalue weighted by molar-refractivity contribution is 5.93. The molecular weight excluding hydrogens is 426 g/mol. The number of aryl methyl sites for hydroxylation is 1. The smallest absolute Gasteiger partial charge is 0.227 e. The average molecular weight is 454 g/mol. The van der Waals surface area contributed by atoms with Crippen LogP contribution in [0.2, 0.25) is 0 Å². The summed E-state index contributed by atoms with van der Waals surface area (Å²) in [5.41, 5.74) is 2.82. The molecule has 2 N–H and O–H groups in total. The minimum atomic E-state index is -0.0180. The van der Waals surface area contributed by atoms with Gasteiger partial charge in [-0.05, 0) is 56.2 Å². The van der Waals surface area contributed by atoms with Gasteiger partial charge in [0.2, 0.25) is 5.91 Å². The molecule has 1 aliphatic rings. The van der Waals surface area contributed by atoms with Crippen molar-refractivity contribution in [2.45, 2.75) is 19.8 Å². The predicted molar refractivity (Wildman–Crippen MR) is 134 cm³/mol. The molecule has 172 valence electrons. The summed E-state index contributed by atoms with van der Waals surface area (Å²) in [6.07, 6.45) is 6.79. The molecule has 4 aromatic rings. The molecule has 34 heavy (non-hydrogen) atoms. The van der Waals surface area contributed by atoms with Crippen LogP contribution in [-0.4, -0.2) is 38.5 Å². The van der Waals surface area contributed by atoms with Gasteiger partial charge >= 0.3 is 0 Å². The van der Waals surface area contributed by atoms with Gasteiger partial charge in [0.1, 0.15) is 23.8 Å². The topological polar surface area (TPSA) is 88.0 Å². The van der Waals surface area contributed by atoms with Gasteiger partial charge in [-0.2, -0.15) is 0 Å². The molecule has 2 aromatic carbocycles. The summed E-state index contributed by atoms with van der Waals surface area (Å²) in [4.78, 5) is 28.2. The van der Waals surface area contributed by atoms with Crippen LogP contribution in [0.1, 0.15) is 18.7 Å². The van der Waals surface area contributed by atoms with E-state index in [1.54, 1.807) is 12.5 Å². The summed E-state index contributed by atoms with van der Waals surface area (Å²) in [6, 6.07) is 19.8. The number of hydrogen-bond acceptors (Lipinski definition) is 6. The Hall–Kier alpha value is -4.20. The molecule has 1 saturated heterocycles. The Morgan fingerprint density at radius 2 is 1.56 bits per heavy atom. The Balaban J connectivity index is 1.15. The maximum Gasteiger partial charge on any atom is 0.227 e. The van der Waals surface area contributed by atoms with E-state index in [-0.39, 0.29) is 11.8 Å². The van der Waals surface area contributed by atoms with Gasteiger partial charge in [-0.15, -0.1) is 0 Å². The molecule has 8 nitrogen and oxygen atoms in total. The van der Waals surface area contributed by atoms with E-state index in [9.17, 15) is 4.79 Å². The Labute approximate surface area is 198 Å². The lowest BCUT2D eigenvalue weighted by Crippen LogP contribution is -2.38. The van der Waals surface area contributed by atoms with Crippen molar-refractivity contribution in [2.75, 3.05) is 28.6 Å². The van der Waals surface area contributed by atoms with Gasteiger partial charge in [0.15, 0.2) is 0 Å². The molecular formula is C26H27N7O. The summed E-state index contributed by atoms with van der Waals surface area (Å²) in [5.74, 6) is 2.60. The first-order chi connectivity index (χ1) is 16.7. The largest absolute Gasteiger partial charge is 0.356 e. The van der Waals surface area contributed by atoms with Crippen molar-refractivity contribution in [2.24, 2.45) is 5.92 Å². The van der Waals surface area contributed by atoms with Crippen molar-refractivity contribution >= 4 is 28.8 Å². The van der Waals surface area contributed by atoms with E-state index in [1.807, 2.05) is 78.4 Å². The first kappa shape index (κ1) is 21.6. The monoisotopic (exact) mass is 453 g/mol. The maximum atomic E-state index is 12.9. The average Bonchev–Trinajstić information content (AvgIpc) is 3.32. The van der Waals surface area contributed by atoms with E-state index >= 15 is 0 Å². The molecule has 1 aliphatic heterocycles. The third-order valence-corrected chi connectivity index (χ3v) is 6.12. The van der Waals surface area contributed by atoms with Crippen molar-refractivity contribution < 1.29 is 4.79 Å². The van der Waals surface area contributed by atoms with E-state index < -0.39 is 0 Å². The van der Waals surface area contributed by atoms with Crippen LogP contribution in [0.5, 0.6) is 0 Å². The predicted octanol–water partition coefficient (Wildman–Crippen LogP) is 4.57. The second kappa shape index (κ2) is 9.74. The van der Waals surface area contributed by atoms with Crippen molar-refractivity contribution in [1.29, 1.82) is 0 Å². The van der Waals surface area contributed by atoms with Gasteiger partial charge in [-0.3, -0.25) is 9.36 Å². The minimum absolute atomic E-state index is 0.0180. The molecule has 3 heterocycles. The first-order valence-corrected chi connectivity index (χ1v) is 11.5. The molecule has 8 heteroatoms. The maximum absolute atomic E-state index is 12.9. The highest BCUT2D eigenvalue weighted by Crippen LogP contribution is 2.25. The second-order valence-corrected chi connectivity index (χ2v) is 8.40. The molecule has 1 fully saturated rings. The Bertz CT molecular complexity index is 1250. The van der Waals surface area contributed by atoms with Crippen molar-refractivity contribution in [3.63, 3.8) is 0 Å². The van der Waals surface area contributed by atoms with Crippen molar-refractivity contribution in [3.05, 3.63) is 85.2 Å². The van der Waals surface area contributed by atoms with Crippen molar-refractivity contribution in [1.82, 2.24) is 19.5 Å². The SMILES string of the molecule is Cc1nccn1-c1cc(N2CCC(C(=O)Nc3ccc(Nc4ccccc4)cc3)CC2)ncn1. The number of nitrogens with zero attached hydrogens (tertiary/aromatic N) is 5. The fourth-order valence-electron chi connectivity index (χ4n) is 4.20. The second-order valence-electron chi connectivity index (χ2n) is 8.40. The van der Waals surface area contributed by atoms with Crippen LogP contribution < -0.4 is 15.5 Å². The summed E-state index contributed by atoms with van der Waals surface area (Å²) in [6.45, 7) is 3.49. The number of anilines is 4. The van der Waals surface area contributed by atoms with Gasteiger partial charge in [-0.25, -0.2) is 15.0 Å². The number of benzene rings is 2. The molecule has 0 aliphatic carbocycles. The number of hydrogen-bond donors (Lipinski definition) is 2. The number of para-hydroxylation sites is 1. The summed E-state index contributed by atoms with van der Waals surface area (Å²) in [7, 11) is 0. The number of nitrogens with one attached hydrogen (secondary N) is 2. The molecule has 1 amide bonds. The summed E-state index contributed by atoms with van der Waals surface area (Å²) >= 11 is 0. The van der Waals surface area contributed by atoms with Crippen LogP contribution in [-0.2, 0) is 4.79 Å². The van der Waals surface area contributed by atoms with Crippen LogP contribution in [0, 0.1) is 12.8 Å². The molecule has 0 atom stereocenters. The number of carbonyl (C=O) groups is 1. The number of amides is 1. The van der Waals surface area contributed by atoms with Crippen molar-refractivity contribution in [3.8, 4) is 5.82 Å². The van der Waals surface area contributed by atoms with E-state index in [4.69, 9.17) is 0 Å². The first-order valence-electron chi connectivity index (χ1n) is 11.5. The van der Waals surface area contributed by atoms with E-state index in [0.29, 0.717) is 0 Å². The highest BCUT2D eigenvalue weighted by atomic mass is 16.1. The lowest BCUT2D eigenvalue weighted by molar-refractivity contribution is -0.120. The highest BCUT2D eigenvalue weighted by Gasteiger charge is 2.26. The fourth-order valence-corrected chi connectivity index (χ4v) is 4.20. The molecule has 0 spiro atoms. The number of carbonyl (C=O) groups excluding carboxylic acids is 1. The van der Waals surface area contributed by atoms with Gasteiger partial charge < -0.3 is 15.5 Å². The lowest BCUT2D eigenvalue weighted by atomic mass is 9.96. The lowest BCUT2D eigenvalue weighted by Gasteiger charge is -2.32. The van der Waals surface area contributed by atoms with Gasteiger partial charge in [0.05, 0.1) is 0 Å². The number of aromatic nitrogens is 4. The van der Waals surface area contributed by atoms with Crippen LogP contribution in [0.15, 0.2) is 79.4 Å². The molecule has 2 aromatic heterocycles. The van der Waals surface area contributed by atoms with Gasteiger partial charge in [0.25, 0.3) is 0 Å². The zero-order valence-electron chi connectivity index (χ0n) is 19.1. The van der Waals surface area contributed by atoms with Crippen LogP contribution >= 0.6 is 0 Å². The molecule has 5 rings (SSSR count). The third kappa shape index (κ3) is 4.91. The van der Waals surface area contributed by atoms with Gasteiger partial charge in [0, 0.05) is 54.5 Å².